The van der Waals surface area contributed by atoms with Crippen molar-refractivity contribution < 1.29 is 9.59 Å². The largest absolute Gasteiger partial charge is 0.349 e. The Balaban J connectivity index is 1.37. The number of H-pyrrole nitrogens is 1. The molecule has 1 aliphatic rings. The number of benzene rings is 1. The Morgan fingerprint density at radius 2 is 2.00 bits per heavy atom. The van der Waals surface area contributed by atoms with E-state index in [4.69, 9.17) is 0 Å². The number of carbonyl (C=O) groups is 2. The van der Waals surface area contributed by atoms with Gasteiger partial charge in [-0.05, 0) is 51.5 Å². The highest BCUT2D eigenvalue weighted by atomic mass is 32.1. The quantitative estimate of drug-likeness (QED) is 0.616. The van der Waals surface area contributed by atoms with E-state index in [1.54, 1.807) is 4.90 Å². The summed E-state index contributed by atoms with van der Waals surface area (Å²) in [6.45, 7) is 7.31. The van der Waals surface area contributed by atoms with E-state index in [1.807, 2.05) is 57.2 Å². The van der Waals surface area contributed by atoms with Crippen molar-refractivity contribution in [3.05, 3.63) is 52.0 Å². The predicted molar refractivity (Wildman–Crippen MR) is 115 cm³/mol. The number of hydrogen-bond acceptors (Lipinski definition) is 4. The van der Waals surface area contributed by atoms with Gasteiger partial charge in [0.05, 0.1) is 22.0 Å². The summed E-state index contributed by atoms with van der Waals surface area (Å²) in [6.07, 6.45) is 0.814. The van der Waals surface area contributed by atoms with Crippen LogP contribution in [0.2, 0.25) is 0 Å². The van der Waals surface area contributed by atoms with Crippen molar-refractivity contribution in [3.8, 4) is 0 Å². The van der Waals surface area contributed by atoms with E-state index in [-0.39, 0.29) is 29.7 Å². The molecule has 1 aliphatic carbocycles. The molecule has 2 N–H and O–H groups in total. The Bertz CT molecular complexity index is 1000. The number of carbonyl (C=O) groups excluding carboxylic acids is 2. The number of hydrogen-bond donors (Lipinski definition) is 2. The van der Waals surface area contributed by atoms with Crippen molar-refractivity contribution in [3.63, 3.8) is 0 Å². The molecule has 4 rings (SSSR count). The second kappa shape index (κ2) is 7.99. The van der Waals surface area contributed by atoms with Gasteiger partial charge in [-0.15, -0.1) is 11.3 Å². The summed E-state index contributed by atoms with van der Waals surface area (Å²) in [5.74, 6) is 1.10. The standard InChI is InChI=1S/C22H26N4O2S/c1-4-26(5-2)22(28)19-11-10-18(29-19)13(3)23-21(27)15-12-14(15)20-24-16-8-6-7-9-17(16)25-20/h6-11,13-15H,4-5,12H2,1-3H3,(H,23,27)(H,24,25). The molecule has 3 aromatic rings. The van der Waals surface area contributed by atoms with E-state index in [9.17, 15) is 9.59 Å². The van der Waals surface area contributed by atoms with Crippen LogP contribution in [0, 0.1) is 5.92 Å². The summed E-state index contributed by atoms with van der Waals surface area (Å²) in [6, 6.07) is 11.6. The second-order valence-corrected chi connectivity index (χ2v) is 8.61. The Morgan fingerprint density at radius 1 is 1.24 bits per heavy atom. The molecule has 2 aromatic heterocycles. The first-order valence-electron chi connectivity index (χ1n) is 10.2. The highest BCUT2D eigenvalue weighted by molar-refractivity contribution is 7.14. The molecule has 0 bridgehead atoms. The smallest absolute Gasteiger partial charge is 0.263 e. The number of thiophene rings is 1. The Kier molecular flexibility index (Phi) is 5.41. The third-order valence-corrected chi connectivity index (χ3v) is 6.82. The van der Waals surface area contributed by atoms with Gasteiger partial charge in [0.25, 0.3) is 5.91 Å². The van der Waals surface area contributed by atoms with Crippen molar-refractivity contribution in [2.45, 2.75) is 39.2 Å². The molecule has 3 unspecified atom stereocenters. The fourth-order valence-electron chi connectivity index (χ4n) is 3.69. The number of imidazole rings is 1. The zero-order valence-corrected chi connectivity index (χ0v) is 17.8. The molecular weight excluding hydrogens is 384 g/mol. The molecule has 1 saturated carbocycles. The second-order valence-electron chi connectivity index (χ2n) is 7.50. The van der Waals surface area contributed by atoms with Crippen molar-refractivity contribution in [2.75, 3.05) is 13.1 Å². The highest BCUT2D eigenvalue weighted by Gasteiger charge is 2.46. The SMILES string of the molecule is CCN(CC)C(=O)c1ccc(C(C)NC(=O)C2CC2c2nc3ccccc3[nH]2)s1. The van der Waals surface area contributed by atoms with Gasteiger partial charge < -0.3 is 15.2 Å². The van der Waals surface area contributed by atoms with Crippen LogP contribution in [0.15, 0.2) is 36.4 Å². The maximum Gasteiger partial charge on any atom is 0.263 e. The number of fused-ring (bicyclic) bond motifs is 1. The van der Waals surface area contributed by atoms with Crippen LogP contribution < -0.4 is 5.32 Å². The van der Waals surface area contributed by atoms with Crippen LogP contribution in [0.1, 0.15) is 59.5 Å². The molecule has 2 amide bonds. The molecule has 29 heavy (non-hydrogen) atoms. The first-order valence-corrected chi connectivity index (χ1v) is 11.0. The van der Waals surface area contributed by atoms with E-state index in [0.717, 1.165) is 33.0 Å². The number of para-hydroxylation sites is 2. The number of aromatic nitrogens is 2. The van der Waals surface area contributed by atoms with E-state index in [0.29, 0.717) is 13.1 Å². The maximum atomic E-state index is 12.7. The van der Waals surface area contributed by atoms with Gasteiger partial charge in [-0.1, -0.05) is 12.1 Å². The van der Waals surface area contributed by atoms with Crippen LogP contribution in [0.3, 0.4) is 0 Å². The minimum atomic E-state index is -0.123. The normalized spacial score (nSPS) is 19.1. The number of nitrogens with one attached hydrogen (secondary N) is 2. The zero-order chi connectivity index (χ0) is 20.5. The van der Waals surface area contributed by atoms with Gasteiger partial charge in [-0.25, -0.2) is 4.98 Å². The summed E-state index contributed by atoms with van der Waals surface area (Å²) < 4.78 is 0. The fourth-order valence-corrected chi connectivity index (χ4v) is 4.67. The van der Waals surface area contributed by atoms with Gasteiger partial charge in [-0.2, -0.15) is 0 Å². The summed E-state index contributed by atoms with van der Waals surface area (Å²) >= 11 is 1.46. The average molecular weight is 411 g/mol. The molecule has 0 saturated heterocycles. The first-order chi connectivity index (χ1) is 14.0. The number of nitrogens with zero attached hydrogens (tertiary/aromatic N) is 2. The topological polar surface area (TPSA) is 78.1 Å². The van der Waals surface area contributed by atoms with Gasteiger partial charge in [-0.3, -0.25) is 9.59 Å². The van der Waals surface area contributed by atoms with Gasteiger partial charge >= 0.3 is 0 Å². The molecule has 2 heterocycles. The number of amides is 2. The fraction of sp³-hybridized carbons (Fsp3) is 0.409. The minimum absolute atomic E-state index is 0.0465. The summed E-state index contributed by atoms with van der Waals surface area (Å²) in [4.78, 5) is 36.7. The first kappa shape index (κ1) is 19.6. The molecule has 152 valence electrons. The summed E-state index contributed by atoms with van der Waals surface area (Å²) in [5, 5.41) is 3.11. The maximum absolute atomic E-state index is 12.7. The van der Waals surface area contributed by atoms with E-state index in [2.05, 4.69) is 15.3 Å². The lowest BCUT2D eigenvalue weighted by atomic mass is 10.2. The van der Waals surface area contributed by atoms with Crippen molar-refractivity contribution in [1.29, 1.82) is 0 Å². The third-order valence-electron chi connectivity index (χ3n) is 5.56. The van der Waals surface area contributed by atoms with Crippen LogP contribution in [0.4, 0.5) is 0 Å². The third kappa shape index (κ3) is 3.92. The van der Waals surface area contributed by atoms with E-state index < -0.39 is 0 Å². The van der Waals surface area contributed by atoms with Crippen molar-refractivity contribution in [1.82, 2.24) is 20.2 Å². The molecule has 0 aliphatic heterocycles. The average Bonchev–Trinajstić information content (AvgIpc) is 3.17. The monoisotopic (exact) mass is 410 g/mol. The van der Waals surface area contributed by atoms with Gasteiger partial charge in [0, 0.05) is 29.8 Å². The van der Waals surface area contributed by atoms with Gasteiger partial charge in [0.2, 0.25) is 5.91 Å². The van der Waals surface area contributed by atoms with Crippen LogP contribution in [0.25, 0.3) is 11.0 Å². The predicted octanol–water partition coefficient (Wildman–Crippen LogP) is 4.09. The lowest BCUT2D eigenvalue weighted by Crippen LogP contribution is -2.29. The molecule has 1 aromatic carbocycles. The zero-order valence-electron chi connectivity index (χ0n) is 16.9. The molecule has 0 spiro atoms. The molecular formula is C22H26N4O2S. The lowest BCUT2D eigenvalue weighted by Gasteiger charge is -2.17. The summed E-state index contributed by atoms with van der Waals surface area (Å²) in [5.41, 5.74) is 1.94. The molecule has 1 fully saturated rings. The van der Waals surface area contributed by atoms with Gasteiger partial charge in [0.1, 0.15) is 5.82 Å². The van der Waals surface area contributed by atoms with Crippen LogP contribution in [-0.4, -0.2) is 39.8 Å². The Labute approximate surface area is 174 Å². The van der Waals surface area contributed by atoms with E-state index in [1.165, 1.54) is 11.3 Å². The number of rotatable bonds is 7. The Morgan fingerprint density at radius 3 is 2.72 bits per heavy atom. The van der Waals surface area contributed by atoms with Gasteiger partial charge in [0.15, 0.2) is 0 Å². The van der Waals surface area contributed by atoms with Crippen molar-refractivity contribution in [2.24, 2.45) is 5.92 Å². The molecule has 6 nitrogen and oxygen atoms in total. The van der Waals surface area contributed by atoms with Crippen LogP contribution >= 0.6 is 11.3 Å². The van der Waals surface area contributed by atoms with Crippen molar-refractivity contribution >= 4 is 34.2 Å². The highest BCUT2D eigenvalue weighted by Crippen LogP contribution is 2.47. The Hall–Kier alpha value is -2.67. The molecule has 3 atom stereocenters. The molecule has 7 heteroatoms. The van der Waals surface area contributed by atoms with Crippen LogP contribution in [0.5, 0.6) is 0 Å². The molecule has 0 radical (unpaired) electrons. The van der Waals surface area contributed by atoms with E-state index >= 15 is 0 Å². The minimum Gasteiger partial charge on any atom is -0.349 e. The lowest BCUT2D eigenvalue weighted by molar-refractivity contribution is -0.123. The number of aromatic amines is 1. The summed E-state index contributed by atoms with van der Waals surface area (Å²) in [7, 11) is 0. The van der Waals surface area contributed by atoms with Crippen LogP contribution in [-0.2, 0) is 4.79 Å².